The first-order valence-corrected chi connectivity index (χ1v) is 7.97. The Hall–Kier alpha value is -2.25. The number of aromatic nitrogens is 1. The van der Waals surface area contributed by atoms with Gasteiger partial charge in [-0.2, -0.15) is 0 Å². The van der Waals surface area contributed by atoms with E-state index in [1.807, 2.05) is 6.07 Å². The predicted molar refractivity (Wildman–Crippen MR) is 84.3 cm³/mol. The molecule has 7 heteroatoms. The highest BCUT2D eigenvalue weighted by Crippen LogP contribution is 2.12. The second kappa shape index (κ2) is 8.26. The summed E-state index contributed by atoms with van der Waals surface area (Å²) in [5.74, 6) is 0.687. The number of nitrogens with zero attached hydrogens (tertiary/aromatic N) is 1. The third-order valence-corrected chi connectivity index (χ3v) is 3.41. The minimum Gasteiger partial charge on any atom is -0.410 e. The van der Waals surface area contributed by atoms with Crippen molar-refractivity contribution < 1.29 is 18.3 Å². The van der Waals surface area contributed by atoms with E-state index >= 15 is 0 Å². The van der Waals surface area contributed by atoms with Gasteiger partial charge in [0, 0.05) is 11.4 Å². The summed E-state index contributed by atoms with van der Waals surface area (Å²) in [7, 11) is 0. The molecule has 0 aliphatic carbocycles. The second-order valence-corrected chi connectivity index (χ2v) is 5.55. The number of ether oxygens (including phenoxy) is 1. The topological polar surface area (TPSA) is 88.5 Å². The molecule has 1 aromatic carbocycles. The van der Waals surface area contributed by atoms with Crippen LogP contribution in [0.4, 0.5) is 10.5 Å². The molecule has 1 aromatic heterocycles. The van der Waals surface area contributed by atoms with E-state index in [1.165, 1.54) is 6.20 Å². The van der Waals surface area contributed by atoms with Crippen molar-refractivity contribution in [2.75, 3.05) is 11.1 Å². The van der Waals surface area contributed by atoms with E-state index in [0.717, 1.165) is 5.69 Å². The molecule has 1 atom stereocenters. The number of hydrogen-bond donors (Lipinski definition) is 2. The molecule has 2 rings (SSSR count). The lowest BCUT2D eigenvalue weighted by molar-refractivity contribution is 0.215. The van der Waals surface area contributed by atoms with Gasteiger partial charge < -0.3 is 9.29 Å². The van der Waals surface area contributed by atoms with E-state index in [9.17, 15) is 9.00 Å². The highest BCUT2D eigenvalue weighted by molar-refractivity contribution is 7.79. The lowest BCUT2D eigenvalue weighted by Gasteiger charge is -2.07. The average Bonchev–Trinajstić information content (AvgIpc) is 2.49. The Labute approximate surface area is 130 Å². The lowest BCUT2D eigenvalue weighted by Crippen LogP contribution is -2.16. The molecule has 0 spiro atoms. The first kappa shape index (κ1) is 16.1. The van der Waals surface area contributed by atoms with Gasteiger partial charge in [0.05, 0.1) is 11.9 Å². The molecule has 1 amide bonds. The summed E-state index contributed by atoms with van der Waals surface area (Å²) in [5, 5.41) is 2.58. The van der Waals surface area contributed by atoms with Gasteiger partial charge in [-0.3, -0.25) is 10.3 Å². The van der Waals surface area contributed by atoms with Crippen LogP contribution < -0.4 is 10.1 Å². The van der Waals surface area contributed by atoms with Crippen molar-refractivity contribution in [3.63, 3.8) is 0 Å². The van der Waals surface area contributed by atoms with Gasteiger partial charge >= 0.3 is 6.09 Å². The number of aryl methyl sites for hydroxylation is 1. The van der Waals surface area contributed by atoms with Crippen LogP contribution in [-0.4, -0.2) is 25.6 Å². The molecule has 2 N–H and O–H groups in total. The van der Waals surface area contributed by atoms with E-state index in [1.54, 1.807) is 36.4 Å². The number of nitrogens with one attached hydrogen (secondary N) is 1. The zero-order valence-corrected chi connectivity index (χ0v) is 12.6. The highest BCUT2D eigenvalue weighted by Gasteiger charge is 2.05. The molecule has 0 saturated heterocycles. The molecule has 0 radical (unpaired) electrons. The Morgan fingerprint density at radius 3 is 2.64 bits per heavy atom. The maximum atomic E-state index is 11.7. The van der Waals surface area contributed by atoms with Crippen molar-refractivity contribution in [3.8, 4) is 5.75 Å². The van der Waals surface area contributed by atoms with Crippen LogP contribution in [-0.2, 0) is 17.5 Å². The number of carbonyl (C=O) groups excluding carboxylic acids is 1. The fraction of sp³-hybridized carbons (Fsp3) is 0.200. The van der Waals surface area contributed by atoms with E-state index in [0.29, 0.717) is 24.3 Å². The van der Waals surface area contributed by atoms with Crippen LogP contribution in [0, 0.1) is 0 Å². The minimum absolute atomic E-state index is 0.227. The maximum absolute atomic E-state index is 11.7. The van der Waals surface area contributed by atoms with Gasteiger partial charge in [-0.05, 0) is 37.1 Å². The van der Waals surface area contributed by atoms with Crippen LogP contribution in [0.25, 0.3) is 0 Å². The summed E-state index contributed by atoms with van der Waals surface area (Å²) >= 11 is -1.77. The molecule has 6 nitrogen and oxygen atoms in total. The number of benzene rings is 1. The van der Waals surface area contributed by atoms with Crippen LogP contribution in [0.15, 0.2) is 48.7 Å². The van der Waals surface area contributed by atoms with Gasteiger partial charge in [-0.25, -0.2) is 9.00 Å². The summed E-state index contributed by atoms with van der Waals surface area (Å²) < 4.78 is 24.3. The number of para-hydroxylation sites is 1. The number of pyridine rings is 1. The van der Waals surface area contributed by atoms with Gasteiger partial charge in [0.25, 0.3) is 0 Å². The molecule has 0 bridgehead atoms. The lowest BCUT2D eigenvalue weighted by atomic mass is 10.2. The Kier molecular flexibility index (Phi) is 6.05. The van der Waals surface area contributed by atoms with Crippen molar-refractivity contribution in [1.82, 2.24) is 4.98 Å². The SMILES string of the molecule is O=C(Nc1ccc(CCCS(=O)O)nc1)Oc1ccccc1. The molecule has 2 aromatic rings. The molecule has 0 aliphatic heterocycles. The highest BCUT2D eigenvalue weighted by atomic mass is 32.2. The smallest absolute Gasteiger partial charge is 0.410 e. The Balaban J connectivity index is 1.83. The zero-order valence-electron chi connectivity index (χ0n) is 11.8. The molecule has 116 valence electrons. The number of hydrogen-bond acceptors (Lipinski definition) is 4. The number of carbonyl (C=O) groups is 1. The largest absolute Gasteiger partial charge is 0.417 e. The molecule has 1 heterocycles. The Bertz CT molecular complexity index is 632. The van der Waals surface area contributed by atoms with Crippen molar-refractivity contribution >= 4 is 22.9 Å². The number of rotatable bonds is 6. The molecular formula is C15H16N2O4S. The van der Waals surface area contributed by atoms with Gasteiger partial charge in [0.2, 0.25) is 0 Å². The van der Waals surface area contributed by atoms with Crippen LogP contribution >= 0.6 is 0 Å². The fourth-order valence-electron chi connectivity index (χ4n) is 1.76. The van der Waals surface area contributed by atoms with Gasteiger partial charge in [0.1, 0.15) is 5.75 Å². The van der Waals surface area contributed by atoms with Gasteiger partial charge in [0.15, 0.2) is 11.1 Å². The first-order chi connectivity index (χ1) is 10.6. The summed E-state index contributed by atoms with van der Waals surface area (Å²) in [6.07, 6.45) is 2.13. The van der Waals surface area contributed by atoms with Crippen molar-refractivity contribution in [2.45, 2.75) is 12.8 Å². The molecular weight excluding hydrogens is 304 g/mol. The summed E-state index contributed by atoms with van der Waals surface area (Å²) in [6, 6.07) is 12.2. The Morgan fingerprint density at radius 2 is 2.00 bits per heavy atom. The van der Waals surface area contributed by atoms with Crippen LogP contribution in [0.5, 0.6) is 5.75 Å². The van der Waals surface area contributed by atoms with Gasteiger partial charge in [-0.15, -0.1) is 0 Å². The monoisotopic (exact) mass is 320 g/mol. The standard InChI is InChI=1S/C15H16N2O4S/c18-15(21-14-6-2-1-3-7-14)17-13-9-8-12(16-11-13)5-4-10-22(19)20/h1-3,6-9,11H,4-5,10H2,(H,17,18)(H,19,20). The van der Waals surface area contributed by atoms with E-state index < -0.39 is 17.2 Å². The number of amides is 1. The zero-order chi connectivity index (χ0) is 15.8. The quantitative estimate of drug-likeness (QED) is 0.799. The van der Waals surface area contributed by atoms with Crippen molar-refractivity contribution in [2.24, 2.45) is 0 Å². The van der Waals surface area contributed by atoms with Crippen LogP contribution in [0.3, 0.4) is 0 Å². The van der Waals surface area contributed by atoms with Gasteiger partial charge in [-0.1, -0.05) is 18.2 Å². The maximum Gasteiger partial charge on any atom is 0.417 e. The average molecular weight is 320 g/mol. The number of anilines is 1. The van der Waals surface area contributed by atoms with Crippen molar-refractivity contribution in [1.29, 1.82) is 0 Å². The van der Waals surface area contributed by atoms with Crippen LogP contribution in [0.2, 0.25) is 0 Å². The summed E-state index contributed by atoms with van der Waals surface area (Å²) in [4.78, 5) is 15.9. The predicted octanol–water partition coefficient (Wildman–Crippen LogP) is 2.85. The molecule has 0 fully saturated rings. The molecule has 0 aliphatic rings. The Morgan fingerprint density at radius 1 is 1.23 bits per heavy atom. The molecule has 0 saturated carbocycles. The second-order valence-electron chi connectivity index (χ2n) is 4.49. The first-order valence-electron chi connectivity index (χ1n) is 6.70. The third kappa shape index (κ3) is 5.63. The summed E-state index contributed by atoms with van der Waals surface area (Å²) in [5.41, 5.74) is 1.32. The van der Waals surface area contributed by atoms with Crippen molar-refractivity contribution in [3.05, 3.63) is 54.4 Å². The van der Waals surface area contributed by atoms with E-state index in [-0.39, 0.29) is 5.75 Å². The van der Waals surface area contributed by atoms with E-state index in [2.05, 4.69) is 10.3 Å². The van der Waals surface area contributed by atoms with Crippen LogP contribution in [0.1, 0.15) is 12.1 Å². The van der Waals surface area contributed by atoms with E-state index in [4.69, 9.17) is 9.29 Å². The summed E-state index contributed by atoms with van der Waals surface area (Å²) in [6.45, 7) is 0. The fourth-order valence-corrected chi connectivity index (χ4v) is 2.15. The normalized spacial score (nSPS) is 11.7. The molecule has 22 heavy (non-hydrogen) atoms. The minimum atomic E-state index is -1.77. The molecule has 1 unspecified atom stereocenters. The third-order valence-electron chi connectivity index (χ3n) is 2.78.